The van der Waals surface area contributed by atoms with Gasteiger partial charge in [0.25, 0.3) is 5.91 Å². The number of nitrogens with one attached hydrogen (secondary N) is 2. The second-order valence-electron chi connectivity index (χ2n) is 10.6. The lowest BCUT2D eigenvalue weighted by Gasteiger charge is -2.43. The summed E-state index contributed by atoms with van der Waals surface area (Å²) in [5, 5.41) is 6.36. The van der Waals surface area contributed by atoms with Gasteiger partial charge in [-0.2, -0.15) is 0 Å². The third-order valence-corrected chi connectivity index (χ3v) is 7.14. The molecule has 2 N–H and O–H groups in total. The highest BCUT2D eigenvalue weighted by molar-refractivity contribution is 6.30. The summed E-state index contributed by atoms with van der Waals surface area (Å²) >= 11 is 11.6. The van der Waals surface area contributed by atoms with Gasteiger partial charge in [0.05, 0.1) is 0 Å². The number of likely N-dealkylation sites (tertiary alicyclic amines) is 1. The fourth-order valence-corrected chi connectivity index (χ4v) is 4.94. The first-order chi connectivity index (χ1) is 17.0. The molecule has 1 aliphatic carbocycles. The smallest absolute Gasteiger partial charge is 0.407 e. The monoisotopic (exact) mass is 541 g/mol. The van der Waals surface area contributed by atoms with Crippen LogP contribution in [-0.2, 0) is 14.3 Å². The molecule has 0 bridgehead atoms. The van der Waals surface area contributed by atoms with Crippen LogP contribution in [0, 0.1) is 5.92 Å². The number of piperidine rings is 1. The van der Waals surface area contributed by atoms with Gasteiger partial charge in [-0.25, -0.2) is 4.79 Å². The highest BCUT2D eigenvalue weighted by Crippen LogP contribution is 2.36. The summed E-state index contributed by atoms with van der Waals surface area (Å²) in [6, 6.07) is 6.94. The first-order valence-corrected chi connectivity index (χ1v) is 13.5. The Morgan fingerprint density at radius 3 is 2.22 bits per heavy atom. The van der Waals surface area contributed by atoms with Gasteiger partial charge >= 0.3 is 6.09 Å². The molecule has 2 fully saturated rings. The largest absolute Gasteiger partial charge is 0.477 e. The number of halogens is 2. The van der Waals surface area contributed by atoms with Crippen LogP contribution in [0.3, 0.4) is 0 Å². The van der Waals surface area contributed by atoms with Crippen molar-refractivity contribution in [1.29, 1.82) is 0 Å². The maximum Gasteiger partial charge on any atom is 0.407 e. The number of rotatable bonds is 7. The summed E-state index contributed by atoms with van der Waals surface area (Å²) in [5.74, 6) is 0.637. The number of amides is 3. The van der Waals surface area contributed by atoms with Crippen molar-refractivity contribution in [2.45, 2.75) is 76.5 Å². The van der Waals surface area contributed by atoms with E-state index in [1.165, 1.54) is 0 Å². The Morgan fingerprint density at radius 1 is 1.06 bits per heavy atom. The van der Waals surface area contributed by atoms with Crippen molar-refractivity contribution in [3.8, 4) is 5.75 Å². The van der Waals surface area contributed by atoms with E-state index >= 15 is 0 Å². The first-order valence-electron chi connectivity index (χ1n) is 12.6. The number of alkyl carbamates (subject to hydrolysis) is 1. The van der Waals surface area contributed by atoms with E-state index in [2.05, 4.69) is 10.6 Å². The van der Waals surface area contributed by atoms with E-state index in [1.54, 1.807) is 24.3 Å². The number of ether oxygens (including phenoxy) is 2. The van der Waals surface area contributed by atoms with Crippen molar-refractivity contribution < 1.29 is 23.9 Å². The Labute approximate surface area is 223 Å². The Morgan fingerprint density at radius 2 is 1.67 bits per heavy atom. The van der Waals surface area contributed by atoms with Gasteiger partial charge in [0.1, 0.15) is 17.2 Å². The Bertz CT molecular complexity index is 903. The van der Waals surface area contributed by atoms with Crippen LogP contribution in [-0.4, -0.2) is 65.6 Å². The summed E-state index contributed by atoms with van der Waals surface area (Å²) < 4.78 is 11.8. The van der Waals surface area contributed by atoms with Crippen LogP contribution in [0.2, 0.25) is 5.02 Å². The summed E-state index contributed by atoms with van der Waals surface area (Å²) in [6.07, 6.45) is 3.29. The number of nitrogens with zero attached hydrogens (tertiary/aromatic N) is 1. The predicted octanol–water partition coefficient (Wildman–Crippen LogP) is 4.52. The van der Waals surface area contributed by atoms with E-state index in [4.69, 9.17) is 32.7 Å². The van der Waals surface area contributed by atoms with Crippen LogP contribution >= 0.6 is 23.2 Å². The number of alkyl halides is 1. The molecule has 10 heteroatoms. The fourth-order valence-electron chi connectivity index (χ4n) is 4.72. The SMILES string of the molecule is CC(C)(C)OC(=O)NC1CCC(Oc2ccc(Cl)cc2)(C(=O)N2CCC(CNC(=O)CCl)CC2)CC1. The second kappa shape index (κ2) is 12.4. The maximum atomic E-state index is 13.9. The average molecular weight is 543 g/mol. The van der Waals surface area contributed by atoms with Gasteiger partial charge in [-0.05, 0) is 89.5 Å². The summed E-state index contributed by atoms with van der Waals surface area (Å²) in [7, 11) is 0. The standard InChI is InChI=1S/C26H37Cl2N3O5/c1-25(2,3)36-24(34)30-20-8-12-26(13-9-20,35-21-6-4-19(28)5-7-21)23(33)31-14-10-18(11-15-31)17-29-22(32)16-27/h4-7,18,20H,8-17H2,1-3H3,(H,29,32)(H,30,34). The first kappa shape index (κ1) is 28.4. The predicted molar refractivity (Wildman–Crippen MR) is 139 cm³/mol. The van der Waals surface area contributed by atoms with E-state index in [9.17, 15) is 14.4 Å². The zero-order valence-electron chi connectivity index (χ0n) is 21.3. The number of carbonyl (C=O) groups excluding carboxylic acids is 3. The van der Waals surface area contributed by atoms with Crippen molar-refractivity contribution in [1.82, 2.24) is 15.5 Å². The van der Waals surface area contributed by atoms with Crippen molar-refractivity contribution >= 4 is 41.1 Å². The molecule has 1 saturated heterocycles. The molecule has 8 nitrogen and oxygen atoms in total. The third-order valence-electron chi connectivity index (χ3n) is 6.64. The molecule has 0 radical (unpaired) electrons. The molecule has 1 aromatic rings. The maximum absolute atomic E-state index is 13.9. The topological polar surface area (TPSA) is 97.0 Å². The summed E-state index contributed by atoms with van der Waals surface area (Å²) in [5.41, 5.74) is -1.59. The minimum atomic E-state index is -1.01. The van der Waals surface area contributed by atoms with Crippen molar-refractivity contribution in [3.05, 3.63) is 29.3 Å². The Kier molecular flexibility index (Phi) is 9.75. The molecule has 1 aromatic carbocycles. The number of carbonyl (C=O) groups is 3. The minimum absolute atomic E-state index is 0.0311. The second-order valence-corrected chi connectivity index (χ2v) is 11.3. The molecule has 0 spiro atoms. The lowest BCUT2D eigenvalue weighted by atomic mass is 9.80. The fraction of sp³-hybridized carbons (Fsp3) is 0.654. The van der Waals surface area contributed by atoms with Crippen LogP contribution in [0.15, 0.2) is 24.3 Å². The van der Waals surface area contributed by atoms with Crippen LogP contribution < -0.4 is 15.4 Å². The van der Waals surface area contributed by atoms with Gasteiger partial charge in [0, 0.05) is 30.7 Å². The summed E-state index contributed by atoms with van der Waals surface area (Å²) in [6.45, 7) is 7.25. The molecular formula is C26H37Cl2N3O5. The number of hydrogen-bond donors (Lipinski definition) is 2. The van der Waals surface area contributed by atoms with Crippen molar-refractivity contribution in [3.63, 3.8) is 0 Å². The van der Waals surface area contributed by atoms with Gasteiger partial charge in [0.15, 0.2) is 5.60 Å². The molecule has 0 aromatic heterocycles. The van der Waals surface area contributed by atoms with Gasteiger partial charge < -0.3 is 25.0 Å². The van der Waals surface area contributed by atoms with Crippen molar-refractivity contribution in [2.24, 2.45) is 5.92 Å². The number of benzene rings is 1. The van der Waals surface area contributed by atoms with Crippen molar-refractivity contribution in [2.75, 3.05) is 25.5 Å². The van der Waals surface area contributed by atoms with Gasteiger partial charge in [0.2, 0.25) is 5.91 Å². The summed E-state index contributed by atoms with van der Waals surface area (Å²) in [4.78, 5) is 39.4. The van der Waals surface area contributed by atoms with E-state index in [0.29, 0.717) is 62.0 Å². The molecule has 0 unspecified atom stereocenters. The van der Waals surface area contributed by atoms with Gasteiger partial charge in [-0.1, -0.05) is 11.6 Å². The van der Waals surface area contributed by atoms with Gasteiger partial charge in [-0.15, -0.1) is 11.6 Å². The molecule has 1 aliphatic heterocycles. The van der Waals surface area contributed by atoms with Gasteiger partial charge in [-0.3, -0.25) is 9.59 Å². The van der Waals surface area contributed by atoms with E-state index in [0.717, 1.165) is 12.8 Å². The quantitative estimate of drug-likeness (QED) is 0.494. The molecule has 2 aliphatic rings. The Hall–Kier alpha value is -2.19. The van der Waals surface area contributed by atoms with Crippen LogP contribution in [0.5, 0.6) is 5.75 Å². The molecule has 200 valence electrons. The van der Waals surface area contributed by atoms with E-state index in [-0.39, 0.29) is 23.7 Å². The van der Waals surface area contributed by atoms with E-state index in [1.807, 2.05) is 25.7 Å². The van der Waals surface area contributed by atoms with Crippen LogP contribution in [0.4, 0.5) is 4.79 Å². The molecule has 1 heterocycles. The van der Waals surface area contributed by atoms with E-state index < -0.39 is 17.3 Å². The lowest BCUT2D eigenvalue weighted by Crippen LogP contribution is -2.58. The highest BCUT2D eigenvalue weighted by Gasteiger charge is 2.47. The Balaban J connectivity index is 1.65. The zero-order chi connectivity index (χ0) is 26.3. The normalized spacial score (nSPS) is 23.0. The molecule has 3 amide bonds. The molecule has 3 rings (SSSR count). The molecule has 1 saturated carbocycles. The molecular weight excluding hydrogens is 505 g/mol. The molecule has 0 atom stereocenters. The molecule has 36 heavy (non-hydrogen) atoms. The lowest BCUT2D eigenvalue weighted by molar-refractivity contribution is -0.153. The zero-order valence-corrected chi connectivity index (χ0v) is 22.8. The van der Waals surface area contributed by atoms with Crippen LogP contribution in [0.25, 0.3) is 0 Å². The average Bonchev–Trinajstić information content (AvgIpc) is 2.84. The highest BCUT2D eigenvalue weighted by atomic mass is 35.5. The third kappa shape index (κ3) is 8.17. The number of hydrogen-bond acceptors (Lipinski definition) is 5. The van der Waals surface area contributed by atoms with Crippen LogP contribution in [0.1, 0.15) is 59.3 Å². The minimum Gasteiger partial charge on any atom is -0.477 e.